The predicted octanol–water partition coefficient (Wildman–Crippen LogP) is 3.56. The van der Waals surface area contributed by atoms with Crippen LogP contribution in [0.1, 0.15) is 49.7 Å². The van der Waals surface area contributed by atoms with Gasteiger partial charge in [-0.1, -0.05) is 37.1 Å². The van der Waals surface area contributed by atoms with Gasteiger partial charge in [0.1, 0.15) is 0 Å². The summed E-state index contributed by atoms with van der Waals surface area (Å²) < 4.78 is 0. The van der Waals surface area contributed by atoms with Gasteiger partial charge in [-0.3, -0.25) is 0 Å². The van der Waals surface area contributed by atoms with Crippen LogP contribution in [0.3, 0.4) is 0 Å². The lowest BCUT2D eigenvalue weighted by molar-refractivity contribution is 0.402. The topological polar surface area (TPSA) is 12.0 Å². The van der Waals surface area contributed by atoms with Gasteiger partial charge in [0, 0.05) is 18.0 Å². The van der Waals surface area contributed by atoms with Crippen molar-refractivity contribution in [3.05, 3.63) is 35.4 Å². The fourth-order valence-electron chi connectivity index (χ4n) is 3.39. The van der Waals surface area contributed by atoms with Crippen molar-refractivity contribution < 1.29 is 0 Å². The van der Waals surface area contributed by atoms with E-state index in [0.717, 1.165) is 6.04 Å². The highest BCUT2D eigenvalue weighted by molar-refractivity contribution is 5.34. The Bertz CT molecular complexity index is 386. The molecule has 17 heavy (non-hydrogen) atoms. The number of aryl methyl sites for hydroxylation is 1. The fourth-order valence-corrected chi connectivity index (χ4v) is 3.39. The Balaban J connectivity index is 1.84. The molecule has 0 radical (unpaired) electrons. The summed E-state index contributed by atoms with van der Waals surface area (Å²) >= 11 is 0. The molecule has 0 aliphatic heterocycles. The largest absolute Gasteiger partial charge is 0.313 e. The average Bonchev–Trinajstić information content (AvgIpc) is 3.06. The van der Waals surface area contributed by atoms with Gasteiger partial charge in [0.05, 0.1) is 0 Å². The van der Waals surface area contributed by atoms with Crippen LogP contribution in [-0.4, -0.2) is 12.6 Å². The molecule has 1 heteroatoms. The van der Waals surface area contributed by atoms with Crippen molar-refractivity contribution in [3.63, 3.8) is 0 Å². The molecule has 0 saturated heterocycles. The minimum absolute atomic E-state index is 0.438. The maximum atomic E-state index is 3.77. The summed E-state index contributed by atoms with van der Waals surface area (Å²) in [5.74, 6) is 0. The summed E-state index contributed by atoms with van der Waals surface area (Å²) in [5, 5.41) is 3.77. The van der Waals surface area contributed by atoms with Gasteiger partial charge in [0.2, 0.25) is 0 Å². The molecule has 0 unspecified atom stereocenters. The van der Waals surface area contributed by atoms with Gasteiger partial charge in [-0.2, -0.15) is 0 Å². The molecule has 0 heterocycles. The summed E-state index contributed by atoms with van der Waals surface area (Å²) in [4.78, 5) is 0. The van der Waals surface area contributed by atoms with E-state index in [-0.39, 0.29) is 0 Å². The number of hydrogen-bond donors (Lipinski definition) is 1. The van der Waals surface area contributed by atoms with Gasteiger partial charge < -0.3 is 5.32 Å². The second-order valence-corrected chi connectivity index (χ2v) is 5.96. The first-order chi connectivity index (χ1) is 8.30. The van der Waals surface area contributed by atoms with E-state index in [0.29, 0.717) is 5.41 Å². The third-order valence-electron chi connectivity index (χ3n) is 4.58. The highest BCUT2D eigenvalue weighted by Crippen LogP contribution is 2.42. The number of hydrogen-bond acceptors (Lipinski definition) is 1. The van der Waals surface area contributed by atoms with E-state index in [1.54, 1.807) is 5.56 Å². The van der Waals surface area contributed by atoms with Gasteiger partial charge in [0.25, 0.3) is 0 Å². The first-order valence-electron chi connectivity index (χ1n) is 7.10. The molecule has 0 amide bonds. The molecule has 2 saturated carbocycles. The maximum absolute atomic E-state index is 3.77. The Labute approximate surface area is 105 Å². The molecule has 3 rings (SSSR count). The lowest BCUT2D eigenvalue weighted by Crippen LogP contribution is -2.37. The predicted molar refractivity (Wildman–Crippen MR) is 72.3 cm³/mol. The quantitative estimate of drug-likeness (QED) is 0.832. The second-order valence-electron chi connectivity index (χ2n) is 5.96. The van der Waals surface area contributed by atoms with Gasteiger partial charge in [-0.05, 0) is 43.7 Å². The lowest BCUT2D eigenvalue weighted by Gasteiger charge is -2.31. The van der Waals surface area contributed by atoms with E-state index in [2.05, 4.69) is 36.5 Å². The molecular formula is C16H23N. The van der Waals surface area contributed by atoms with Gasteiger partial charge in [0.15, 0.2) is 0 Å². The number of rotatable bonds is 4. The van der Waals surface area contributed by atoms with E-state index in [4.69, 9.17) is 0 Å². The molecule has 1 N–H and O–H groups in total. The number of benzene rings is 1. The molecule has 0 aromatic heterocycles. The number of nitrogens with one attached hydrogen (secondary N) is 1. The molecule has 2 aliphatic rings. The molecule has 92 valence electrons. The Morgan fingerprint density at radius 3 is 2.53 bits per heavy atom. The first kappa shape index (κ1) is 11.3. The van der Waals surface area contributed by atoms with Crippen molar-refractivity contribution in [2.24, 2.45) is 0 Å². The van der Waals surface area contributed by atoms with Crippen LogP contribution in [0.5, 0.6) is 0 Å². The minimum Gasteiger partial charge on any atom is -0.313 e. The van der Waals surface area contributed by atoms with Crippen molar-refractivity contribution in [2.45, 2.75) is 56.9 Å². The van der Waals surface area contributed by atoms with Crippen LogP contribution in [-0.2, 0) is 5.41 Å². The Morgan fingerprint density at radius 1 is 1.18 bits per heavy atom. The third kappa shape index (κ3) is 2.26. The van der Waals surface area contributed by atoms with E-state index in [1.807, 2.05) is 0 Å². The van der Waals surface area contributed by atoms with Gasteiger partial charge >= 0.3 is 0 Å². The summed E-state index contributed by atoms with van der Waals surface area (Å²) in [5.41, 5.74) is 3.52. The van der Waals surface area contributed by atoms with Crippen molar-refractivity contribution >= 4 is 0 Å². The van der Waals surface area contributed by atoms with Crippen LogP contribution >= 0.6 is 0 Å². The first-order valence-corrected chi connectivity index (χ1v) is 7.10. The lowest BCUT2D eigenvalue weighted by atomic mass is 9.77. The molecule has 2 aliphatic carbocycles. The monoisotopic (exact) mass is 229 g/mol. The third-order valence-corrected chi connectivity index (χ3v) is 4.58. The van der Waals surface area contributed by atoms with Crippen molar-refractivity contribution in [2.75, 3.05) is 6.54 Å². The Kier molecular flexibility index (Phi) is 2.96. The second kappa shape index (κ2) is 4.45. The Hall–Kier alpha value is -0.820. The van der Waals surface area contributed by atoms with E-state index < -0.39 is 0 Å². The smallest absolute Gasteiger partial charge is 0.00805 e. The molecule has 1 nitrogen and oxygen atoms in total. The summed E-state index contributed by atoms with van der Waals surface area (Å²) in [6.07, 6.45) is 8.34. The minimum atomic E-state index is 0.438. The van der Waals surface area contributed by atoms with E-state index in [1.165, 1.54) is 50.6 Å². The van der Waals surface area contributed by atoms with E-state index >= 15 is 0 Å². The zero-order chi connectivity index (χ0) is 11.7. The van der Waals surface area contributed by atoms with Crippen LogP contribution < -0.4 is 5.32 Å². The zero-order valence-corrected chi connectivity index (χ0v) is 10.8. The molecule has 0 spiro atoms. The van der Waals surface area contributed by atoms with Crippen LogP contribution in [0.2, 0.25) is 0 Å². The standard InChI is InChI=1S/C16H23N/c1-13-6-2-3-7-15(13)16(10-4-5-11-16)12-17-14-8-9-14/h2-3,6-7,14,17H,4-5,8-12H2,1H3. The van der Waals surface area contributed by atoms with Gasteiger partial charge in [-0.15, -0.1) is 0 Å². The van der Waals surface area contributed by atoms with Crippen molar-refractivity contribution in [1.82, 2.24) is 5.32 Å². The van der Waals surface area contributed by atoms with Crippen molar-refractivity contribution in [1.29, 1.82) is 0 Å². The Morgan fingerprint density at radius 2 is 1.88 bits per heavy atom. The zero-order valence-electron chi connectivity index (χ0n) is 10.8. The van der Waals surface area contributed by atoms with Crippen LogP contribution in [0.15, 0.2) is 24.3 Å². The summed E-state index contributed by atoms with van der Waals surface area (Å²) in [6.45, 7) is 3.47. The molecule has 1 aromatic carbocycles. The summed E-state index contributed by atoms with van der Waals surface area (Å²) in [6, 6.07) is 9.83. The molecule has 0 atom stereocenters. The molecule has 1 aromatic rings. The maximum Gasteiger partial charge on any atom is 0.00805 e. The van der Waals surface area contributed by atoms with Gasteiger partial charge in [-0.25, -0.2) is 0 Å². The average molecular weight is 229 g/mol. The molecule has 2 fully saturated rings. The highest BCUT2D eigenvalue weighted by atomic mass is 15.0. The molecule has 0 bridgehead atoms. The highest BCUT2D eigenvalue weighted by Gasteiger charge is 2.37. The molecular weight excluding hydrogens is 206 g/mol. The van der Waals surface area contributed by atoms with Crippen LogP contribution in [0.4, 0.5) is 0 Å². The fraction of sp³-hybridized carbons (Fsp3) is 0.625. The summed E-state index contributed by atoms with van der Waals surface area (Å²) in [7, 11) is 0. The van der Waals surface area contributed by atoms with Crippen molar-refractivity contribution in [3.8, 4) is 0 Å². The normalized spacial score (nSPS) is 22.9. The van der Waals surface area contributed by atoms with E-state index in [9.17, 15) is 0 Å². The van der Waals surface area contributed by atoms with Crippen LogP contribution in [0, 0.1) is 6.92 Å². The van der Waals surface area contributed by atoms with Crippen LogP contribution in [0.25, 0.3) is 0 Å². The SMILES string of the molecule is Cc1ccccc1C1(CNC2CC2)CCCC1.